The minimum Gasteiger partial charge on any atom is -0.305 e. The summed E-state index contributed by atoms with van der Waals surface area (Å²) in [6.45, 7) is 0.144. The van der Waals surface area contributed by atoms with Crippen molar-refractivity contribution in [2.45, 2.75) is 12.7 Å². The molecule has 2 heterocycles. The maximum absolute atomic E-state index is 13.2. The van der Waals surface area contributed by atoms with Crippen LogP contribution in [0.3, 0.4) is 0 Å². The fourth-order valence-electron chi connectivity index (χ4n) is 3.81. The smallest absolute Gasteiger partial charge is 0.305 e. The maximum atomic E-state index is 13.2. The van der Waals surface area contributed by atoms with Gasteiger partial charge in [0.15, 0.2) is 0 Å². The van der Waals surface area contributed by atoms with Crippen LogP contribution in [0.5, 0.6) is 0 Å². The molecule has 0 aliphatic heterocycles. The number of nitrogens with zero attached hydrogens (tertiary/aromatic N) is 3. The van der Waals surface area contributed by atoms with Crippen molar-refractivity contribution in [2.24, 2.45) is 0 Å². The van der Waals surface area contributed by atoms with Gasteiger partial charge in [-0.1, -0.05) is 54.6 Å². The van der Waals surface area contributed by atoms with E-state index in [1.54, 1.807) is 16.7 Å². The highest BCUT2D eigenvalue weighted by atomic mass is 19.4. The molecule has 0 fully saturated rings. The Kier molecular flexibility index (Phi) is 4.39. The van der Waals surface area contributed by atoms with Gasteiger partial charge < -0.3 is 4.57 Å². The third-order valence-corrected chi connectivity index (χ3v) is 5.22. The van der Waals surface area contributed by atoms with E-state index in [0.717, 1.165) is 23.2 Å². The SMILES string of the molecule is O=c1cc(-c2ccccc2)nc2n(Cc3cccc(C(F)(F)F)c3)c3ccccc3n12. The molecule has 0 bridgehead atoms. The topological polar surface area (TPSA) is 39.3 Å². The van der Waals surface area contributed by atoms with Crippen molar-refractivity contribution in [3.63, 3.8) is 0 Å². The third-order valence-electron chi connectivity index (χ3n) is 5.22. The molecule has 31 heavy (non-hydrogen) atoms. The Hall–Kier alpha value is -3.87. The zero-order valence-corrected chi connectivity index (χ0v) is 16.2. The molecule has 0 spiro atoms. The zero-order valence-electron chi connectivity index (χ0n) is 16.2. The van der Waals surface area contributed by atoms with Gasteiger partial charge in [0.25, 0.3) is 5.56 Å². The highest BCUT2D eigenvalue weighted by Crippen LogP contribution is 2.30. The first-order valence-electron chi connectivity index (χ1n) is 9.64. The van der Waals surface area contributed by atoms with Crippen LogP contribution < -0.4 is 5.56 Å². The number of hydrogen-bond donors (Lipinski definition) is 0. The normalized spacial score (nSPS) is 12.0. The van der Waals surface area contributed by atoms with Gasteiger partial charge in [0.1, 0.15) is 0 Å². The van der Waals surface area contributed by atoms with E-state index >= 15 is 0 Å². The average molecular weight is 419 g/mol. The lowest BCUT2D eigenvalue weighted by atomic mass is 10.1. The molecule has 0 N–H and O–H groups in total. The molecule has 0 amide bonds. The number of aromatic nitrogens is 3. The molecule has 0 aliphatic carbocycles. The van der Waals surface area contributed by atoms with E-state index in [9.17, 15) is 18.0 Å². The molecule has 154 valence electrons. The van der Waals surface area contributed by atoms with Gasteiger partial charge in [-0.15, -0.1) is 0 Å². The Morgan fingerprint density at radius 2 is 1.52 bits per heavy atom. The van der Waals surface area contributed by atoms with Gasteiger partial charge in [-0.25, -0.2) is 9.38 Å². The van der Waals surface area contributed by atoms with Crippen LogP contribution in [-0.4, -0.2) is 14.0 Å². The maximum Gasteiger partial charge on any atom is 0.416 e. The molecule has 0 unspecified atom stereocenters. The van der Waals surface area contributed by atoms with Crippen molar-refractivity contribution >= 4 is 16.8 Å². The number of benzene rings is 3. The molecule has 4 nitrogen and oxygen atoms in total. The zero-order chi connectivity index (χ0) is 21.6. The lowest BCUT2D eigenvalue weighted by Gasteiger charge is -2.11. The minimum atomic E-state index is -4.42. The van der Waals surface area contributed by atoms with E-state index < -0.39 is 11.7 Å². The van der Waals surface area contributed by atoms with E-state index in [4.69, 9.17) is 4.98 Å². The lowest BCUT2D eigenvalue weighted by Crippen LogP contribution is -2.15. The number of halogens is 3. The molecule has 2 aromatic heterocycles. The van der Waals surface area contributed by atoms with E-state index in [1.807, 2.05) is 48.5 Å². The fourth-order valence-corrected chi connectivity index (χ4v) is 3.81. The van der Waals surface area contributed by atoms with Gasteiger partial charge in [0, 0.05) is 11.6 Å². The summed E-state index contributed by atoms with van der Waals surface area (Å²) in [4.78, 5) is 17.7. The van der Waals surface area contributed by atoms with E-state index in [0.29, 0.717) is 22.6 Å². The van der Waals surface area contributed by atoms with Crippen molar-refractivity contribution in [2.75, 3.05) is 0 Å². The minimum absolute atomic E-state index is 0.144. The number of alkyl halides is 3. The summed E-state index contributed by atoms with van der Waals surface area (Å²) in [5.41, 5.74) is 2.19. The van der Waals surface area contributed by atoms with Crippen molar-refractivity contribution < 1.29 is 13.2 Å². The van der Waals surface area contributed by atoms with Gasteiger partial charge in [0.2, 0.25) is 5.78 Å². The largest absolute Gasteiger partial charge is 0.416 e. The van der Waals surface area contributed by atoms with Crippen molar-refractivity contribution in [3.8, 4) is 11.3 Å². The van der Waals surface area contributed by atoms with Crippen LogP contribution in [0.25, 0.3) is 28.1 Å². The summed E-state index contributed by atoms with van der Waals surface area (Å²) in [5, 5.41) is 0. The Labute approximate surface area is 174 Å². The molecule has 0 atom stereocenters. The van der Waals surface area contributed by atoms with Gasteiger partial charge in [-0.05, 0) is 29.8 Å². The summed E-state index contributed by atoms with van der Waals surface area (Å²) < 4.78 is 42.8. The summed E-state index contributed by atoms with van der Waals surface area (Å²) >= 11 is 0. The summed E-state index contributed by atoms with van der Waals surface area (Å²) in [5.74, 6) is 0.380. The van der Waals surface area contributed by atoms with Crippen LogP contribution in [0.2, 0.25) is 0 Å². The second-order valence-corrected chi connectivity index (χ2v) is 7.25. The Morgan fingerprint density at radius 3 is 2.26 bits per heavy atom. The Bertz CT molecular complexity index is 1470. The second kappa shape index (κ2) is 7.12. The van der Waals surface area contributed by atoms with Gasteiger partial charge in [0.05, 0.1) is 28.8 Å². The van der Waals surface area contributed by atoms with Crippen LogP contribution >= 0.6 is 0 Å². The van der Waals surface area contributed by atoms with Crippen LogP contribution in [0.1, 0.15) is 11.1 Å². The number of rotatable bonds is 3. The first-order valence-corrected chi connectivity index (χ1v) is 9.64. The van der Waals surface area contributed by atoms with Gasteiger partial charge >= 0.3 is 6.18 Å². The molecule has 0 radical (unpaired) electrons. The molecular weight excluding hydrogens is 403 g/mol. The summed E-state index contributed by atoms with van der Waals surface area (Å²) in [6, 6.07) is 23.3. The number of para-hydroxylation sites is 2. The Balaban J connectivity index is 1.75. The molecular formula is C24H16F3N3O. The highest BCUT2D eigenvalue weighted by Gasteiger charge is 2.30. The lowest BCUT2D eigenvalue weighted by molar-refractivity contribution is -0.137. The van der Waals surface area contributed by atoms with Crippen molar-refractivity contribution in [1.29, 1.82) is 0 Å². The first kappa shape index (κ1) is 19.1. The van der Waals surface area contributed by atoms with E-state index in [1.165, 1.54) is 16.5 Å². The van der Waals surface area contributed by atoms with Crippen molar-refractivity contribution in [3.05, 3.63) is 106 Å². The summed E-state index contributed by atoms with van der Waals surface area (Å²) in [7, 11) is 0. The van der Waals surface area contributed by atoms with Gasteiger partial charge in [-0.3, -0.25) is 4.79 Å². The average Bonchev–Trinajstić information content (AvgIpc) is 3.08. The fraction of sp³-hybridized carbons (Fsp3) is 0.0833. The standard InChI is InChI=1S/C24H16F3N3O/c25-24(26,27)18-10-6-7-16(13-18)15-29-20-11-4-5-12-21(20)30-22(31)14-19(28-23(29)30)17-8-2-1-3-9-17/h1-14H,15H2. The van der Waals surface area contributed by atoms with Crippen LogP contribution in [0.15, 0.2) is 89.7 Å². The van der Waals surface area contributed by atoms with E-state index in [-0.39, 0.29) is 12.1 Å². The predicted molar refractivity (Wildman–Crippen MR) is 113 cm³/mol. The first-order chi connectivity index (χ1) is 14.9. The van der Waals surface area contributed by atoms with Crippen LogP contribution in [0.4, 0.5) is 13.2 Å². The monoisotopic (exact) mass is 419 g/mol. The molecule has 5 aromatic rings. The number of imidazole rings is 1. The van der Waals surface area contributed by atoms with Crippen LogP contribution in [0, 0.1) is 0 Å². The van der Waals surface area contributed by atoms with E-state index in [2.05, 4.69) is 0 Å². The van der Waals surface area contributed by atoms with Gasteiger partial charge in [-0.2, -0.15) is 13.2 Å². The molecule has 0 saturated carbocycles. The van der Waals surface area contributed by atoms with Crippen LogP contribution in [-0.2, 0) is 12.7 Å². The third kappa shape index (κ3) is 3.38. The Morgan fingerprint density at radius 1 is 0.806 bits per heavy atom. The molecule has 0 aliphatic rings. The quantitative estimate of drug-likeness (QED) is 0.394. The molecule has 7 heteroatoms. The molecule has 0 saturated heterocycles. The number of fused-ring (bicyclic) bond motifs is 3. The summed E-state index contributed by atoms with van der Waals surface area (Å²) in [6.07, 6.45) is -4.42. The highest BCUT2D eigenvalue weighted by molar-refractivity contribution is 5.81. The van der Waals surface area contributed by atoms with Crippen molar-refractivity contribution in [1.82, 2.24) is 14.0 Å². The molecule has 5 rings (SSSR count). The second-order valence-electron chi connectivity index (χ2n) is 7.25. The number of hydrogen-bond acceptors (Lipinski definition) is 2. The predicted octanol–water partition coefficient (Wildman–Crippen LogP) is 5.38. The molecule has 3 aromatic carbocycles.